The highest BCUT2D eigenvalue weighted by molar-refractivity contribution is 6.14. The minimum absolute atomic E-state index is 0.230. The molecule has 3 aromatic rings. The molecule has 1 unspecified atom stereocenters. The molecule has 0 bridgehead atoms. The number of hydrogen-bond acceptors (Lipinski definition) is 5. The molecule has 162 valence electrons. The lowest BCUT2D eigenvalue weighted by Crippen LogP contribution is -2.17. The molecule has 32 heavy (non-hydrogen) atoms. The van der Waals surface area contributed by atoms with Gasteiger partial charge < -0.3 is 15.4 Å². The third kappa shape index (κ3) is 3.82. The summed E-state index contributed by atoms with van der Waals surface area (Å²) in [7, 11) is 0. The first-order valence-corrected chi connectivity index (χ1v) is 10.4. The largest absolute Gasteiger partial charge is 0.325 e. The lowest BCUT2D eigenvalue weighted by atomic mass is 9.97. The molecule has 0 spiro atoms. The van der Waals surface area contributed by atoms with Crippen molar-refractivity contribution in [2.75, 3.05) is 10.6 Å². The maximum absolute atomic E-state index is 12.9. The van der Waals surface area contributed by atoms with Gasteiger partial charge in [0, 0.05) is 29.0 Å². The second-order valence-electron chi connectivity index (χ2n) is 7.46. The van der Waals surface area contributed by atoms with Gasteiger partial charge in [-0.2, -0.15) is 5.10 Å². The van der Waals surface area contributed by atoms with Gasteiger partial charge in [0.2, 0.25) is 5.91 Å². The Morgan fingerprint density at radius 2 is 1.81 bits per heavy atom. The van der Waals surface area contributed by atoms with E-state index in [4.69, 9.17) is 0 Å². The van der Waals surface area contributed by atoms with Gasteiger partial charge in [-0.25, -0.2) is 0 Å². The van der Waals surface area contributed by atoms with Crippen molar-refractivity contribution in [1.29, 1.82) is 0 Å². The Morgan fingerprint density at radius 3 is 2.47 bits per heavy atom. The Hall–Kier alpha value is -4.07. The summed E-state index contributed by atoms with van der Waals surface area (Å²) in [5.41, 5.74) is 3.76. The average molecular weight is 430 g/mol. The Kier molecular flexibility index (Phi) is 5.68. The van der Waals surface area contributed by atoms with Crippen LogP contribution < -0.4 is 10.6 Å². The Balaban J connectivity index is 1.49. The molecule has 8 heteroatoms. The second kappa shape index (κ2) is 8.58. The quantitative estimate of drug-likeness (QED) is 0.340. The van der Waals surface area contributed by atoms with Gasteiger partial charge in [-0.15, -0.1) is 0 Å². The van der Waals surface area contributed by atoms with Gasteiger partial charge in [-0.1, -0.05) is 19.1 Å². The molecule has 0 saturated carbocycles. The van der Waals surface area contributed by atoms with Gasteiger partial charge in [-0.05, 0) is 55.3 Å². The van der Waals surface area contributed by atoms with E-state index in [1.165, 1.54) is 0 Å². The van der Waals surface area contributed by atoms with Crippen LogP contribution in [0.5, 0.6) is 0 Å². The first kappa shape index (κ1) is 21.2. The number of aromatic nitrogens is 2. The number of rotatable bonds is 7. The maximum atomic E-state index is 12.9. The van der Waals surface area contributed by atoms with Crippen LogP contribution in [0.1, 0.15) is 57.4 Å². The van der Waals surface area contributed by atoms with Crippen molar-refractivity contribution in [2.45, 2.75) is 32.7 Å². The number of carbonyl (C=O) groups is 4. The number of ketones is 1. The van der Waals surface area contributed by atoms with Crippen LogP contribution in [0, 0.1) is 0 Å². The number of hydrogen-bond donors (Lipinski definition) is 2. The Labute approximate surface area is 184 Å². The fraction of sp³-hybridized carbons (Fsp3) is 0.208. The van der Waals surface area contributed by atoms with Crippen LogP contribution in [-0.4, -0.2) is 33.7 Å². The predicted octanol–water partition coefficient (Wildman–Crippen LogP) is 3.18. The van der Waals surface area contributed by atoms with Crippen LogP contribution >= 0.6 is 0 Å². The highest BCUT2D eigenvalue weighted by Crippen LogP contribution is 2.32. The number of aryl methyl sites for hydroxylation is 2. The summed E-state index contributed by atoms with van der Waals surface area (Å²) >= 11 is 0. The van der Waals surface area contributed by atoms with Crippen molar-refractivity contribution in [3.63, 3.8) is 0 Å². The number of nitrogens with zero attached hydrogens (tertiary/aromatic N) is 2. The van der Waals surface area contributed by atoms with Crippen LogP contribution in [0.15, 0.2) is 48.5 Å². The van der Waals surface area contributed by atoms with E-state index in [0.717, 1.165) is 12.1 Å². The third-order valence-corrected chi connectivity index (χ3v) is 5.46. The van der Waals surface area contributed by atoms with Crippen LogP contribution in [0.4, 0.5) is 11.4 Å². The molecule has 2 aromatic carbocycles. The standard InChI is InChI=1S/C24H22N4O4/c1-3-16-12-21(28(4-2)27-16)24(32)25-17-8-5-14(6-9-17)22(30)15-7-10-18-19(13-29)23(31)26-20(18)11-15/h5-13,19H,3-4H2,1-2H3,(H,25,32)(H,26,31). The van der Waals surface area contributed by atoms with E-state index in [2.05, 4.69) is 15.7 Å². The first-order valence-electron chi connectivity index (χ1n) is 10.4. The molecule has 0 radical (unpaired) electrons. The summed E-state index contributed by atoms with van der Waals surface area (Å²) in [4.78, 5) is 48.5. The summed E-state index contributed by atoms with van der Waals surface area (Å²) in [6.07, 6.45) is 1.33. The number of carbonyl (C=O) groups excluding carboxylic acids is 4. The van der Waals surface area contributed by atoms with Crippen molar-refractivity contribution in [3.8, 4) is 0 Å². The summed E-state index contributed by atoms with van der Waals surface area (Å²) in [6.45, 7) is 4.49. The molecule has 1 aliphatic heterocycles. The summed E-state index contributed by atoms with van der Waals surface area (Å²) < 4.78 is 1.66. The van der Waals surface area contributed by atoms with Gasteiger partial charge in [0.15, 0.2) is 5.78 Å². The molecular formula is C24H22N4O4. The van der Waals surface area contributed by atoms with Gasteiger partial charge in [0.05, 0.1) is 5.69 Å². The zero-order chi connectivity index (χ0) is 22.8. The fourth-order valence-electron chi connectivity index (χ4n) is 3.70. The Morgan fingerprint density at radius 1 is 1.09 bits per heavy atom. The first-order chi connectivity index (χ1) is 15.4. The van der Waals surface area contributed by atoms with Gasteiger partial charge in [0.1, 0.15) is 17.9 Å². The molecule has 0 saturated heterocycles. The van der Waals surface area contributed by atoms with Gasteiger partial charge in [0.25, 0.3) is 5.91 Å². The van der Waals surface area contributed by atoms with Crippen molar-refractivity contribution < 1.29 is 19.2 Å². The normalized spacial score (nSPS) is 14.6. The van der Waals surface area contributed by atoms with E-state index < -0.39 is 11.8 Å². The lowest BCUT2D eigenvalue weighted by Gasteiger charge is -2.08. The molecular weight excluding hydrogens is 408 g/mol. The number of fused-ring (bicyclic) bond motifs is 1. The van der Waals surface area contributed by atoms with Crippen LogP contribution in [0.2, 0.25) is 0 Å². The van der Waals surface area contributed by atoms with Crippen molar-refractivity contribution >= 4 is 35.3 Å². The minimum atomic E-state index is -0.838. The summed E-state index contributed by atoms with van der Waals surface area (Å²) in [5, 5.41) is 9.85. The van der Waals surface area contributed by atoms with Gasteiger partial charge >= 0.3 is 0 Å². The smallest absolute Gasteiger partial charge is 0.273 e. The van der Waals surface area contributed by atoms with E-state index in [1.54, 1.807) is 53.2 Å². The average Bonchev–Trinajstić information content (AvgIpc) is 3.38. The molecule has 2 N–H and O–H groups in total. The molecule has 0 aliphatic carbocycles. The SMILES string of the molecule is CCc1cc(C(=O)Nc2ccc(C(=O)c3ccc4c(c3)NC(=O)C4C=O)cc2)n(CC)n1. The predicted molar refractivity (Wildman–Crippen MR) is 119 cm³/mol. The number of nitrogens with one attached hydrogen (secondary N) is 2. The van der Waals surface area contributed by atoms with Crippen molar-refractivity contribution in [1.82, 2.24) is 9.78 Å². The third-order valence-electron chi connectivity index (χ3n) is 5.46. The van der Waals surface area contributed by atoms with E-state index in [-0.39, 0.29) is 11.7 Å². The zero-order valence-corrected chi connectivity index (χ0v) is 17.7. The molecule has 2 heterocycles. The zero-order valence-electron chi connectivity index (χ0n) is 17.7. The molecule has 2 amide bonds. The topological polar surface area (TPSA) is 110 Å². The highest BCUT2D eigenvalue weighted by Gasteiger charge is 2.30. The fourth-order valence-corrected chi connectivity index (χ4v) is 3.70. The maximum Gasteiger partial charge on any atom is 0.273 e. The molecule has 4 rings (SSSR count). The Bertz CT molecular complexity index is 1230. The number of anilines is 2. The molecule has 1 aliphatic rings. The monoisotopic (exact) mass is 430 g/mol. The molecule has 1 aromatic heterocycles. The summed E-state index contributed by atoms with van der Waals surface area (Å²) in [6, 6.07) is 13.2. The van der Waals surface area contributed by atoms with Crippen LogP contribution in [-0.2, 0) is 22.6 Å². The number of aldehydes is 1. The van der Waals surface area contributed by atoms with E-state index in [1.807, 2.05) is 13.8 Å². The lowest BCUT2D eigenvalue weighted by molar-refractivity contribution is -0.121. The van der Waals surface area contributed by atoms with Crippen molar-refractivity contribution in [3.05, 3.63) is 76.6 Å². The molecule has 0 fully saturated rings. The van der Waals surface area contributed by atoms with E-state index in [9.17, 15) is 19.2 Å². The highest BCUT2D eigenvalue weighted by atomic mass is 16.2. The second-order valence-corrected chi connectivity index (χ2v) is 7.46. The van der Waals surface area contributed by atoms with Gasteiger partial charge in [-0.3, -0.25) is 19.1 Å². The number of amides is 2. The molecule has 1 atom stereocenters. The van der Waals surface area contributed by atoms with Crippen LogP contribution in [0.25, 0.3) is 0 Å². The summed E-state index contributed by atoms with van der Waals surface area (Å²) in [5.74, 6) is -1.73. The van der Waals surface area contributed by atoms with E-state index in [0.29, 0.717) is 46.6 Å². The van der Waals surface area contributed by atoms with Crippen LogP contribution in [0.3, 0.4) is 0 Å². The molecule has 8 nitrogen and oxygen atoms in total. The van der Waals surface area contributed by atoms with Crippen molar-refractivity contribution in [2.24, 2.45) is 0 Å². The number of benzene rings is 2. The van der Waals surface area contributed by atoms with E-state index >= 15 is 0 Å². The minimum Gasteiger partial charge on any atom is -0.325 e.